The average Bonchev–Trinajstić information content (AvgIpc) is 3.49. The lowest BCUT2D eigenvalue weighted by molar-refractivity contribution is 0.0721. The number of furan rings is 1. The first-order valence-electron chi connectivity index (χ1n) is 10.2. The summed E-state index contributed by atoms with van der Waals surface area (Å²) in [7, 11) is -3.40. The van der Waals surface area contributed by atoms with Gasteiger partial charge in [-0.1, -0.05) is 24.3 Å². The van der Waals surface area contributed by atoms with Crippen molar-refractivity contribution in [2.24, 2.45) is 5.41 Å². The molecule has 30 heavy (non-hydrogen) atoms. The van der Waals surface area contributed by atoms with Crippen molar-refractivity contribution >= 4 is 38.2 Å². The smallest absolute Gasteiger partial charge is 0.289 e. The lowest BCUT2D eigenvalue weighted by atomic mass is 9.78. The third-order valence-electron chi connectivity index (χ3n) is 6.64. The van der Waals surface area contributed by atoms with Gasteiger partial charge in [0.1, 0.15) is 9.79 Å². The fraction of sp³-hybridized carbons (Fsp3) is 0.409. The summed E-state index contributed by atoms with van der Waals surface area (Å²) in [6, 6.07) is 11.1. The van der Waals surface area contributed by atoms with Crippen molar-refractivity contribution in [1.82, 2.24) is 9.21 Å². The minimum absolute atomic E-state index is 0.00293. The normalized spacial score (nSPS) is 19.7. The second-order valence-corrected chi connectivity index (χ2v) is 11.5. The van der Waals surface area contributed by atoms with Crippen LogP contribution in [0.2, 0.25) is 0 Å². The maximum atomic E-state index is 13.2. The Morgan fingerprint density at radius 1 is 1.07 bits per heavy atom. The number of aryl methyl sites for hydroxylation is 1. The molecule has 2 saturated heterocycles. The SMILES string of the molecule is Cc1c(C(=O)N2CCC3(CCN(S(=O)(=O)c4cccs4)CC3)C2)oc2ccccc12. The Balaban J connectivity index is 1.29. The van der Waals surface area contributed by atoms with Crippen molar-refractivity contribution in [3.8, 4) is 0 Å². The number of thiophene rings is 1. The molecule has 158 valence electrons. The number of hydrogen-bond acceptors (Lipinski definition) is 5. The van der Waals surface area contributed by atoms with E-state index in [4.69, 9.17) is 4.42 Å². The predicted octanol–water partition coefficient (Wildman–Crippen LogP) is 4.12. The summed E-state index contributed by atoms with van der Waals surface area (Å²) in [5.74, 6) is 0.361. The highest BCUT2D eigenvalue weighted by Gasteiger charge is 2.45. The van der Waals surface area contributed by atoms with Gasteiger partial charge in [0, 0.05) is 37.1 Å². The molecular weight excluding hydrogens is 420 g/mol. The number of para-hydroxylation sites is 1. The van der Waals surface area contributed by atoms with Gasteiger partial charge in [-0.25, -0.2) is 8.42 Å². The fourth-order valence-corrected chi connectivity index (χ4v) is 7.36. The molecule has 0 saturated carbocycles. The van der Waals surface area contributed by atoms with Crippen LogP contribution in [0.5, 0.6) is 0 Å². The molecule has 0 atom stereocenters. The van der Waals surface area contributed by atoms with Crippen molar-refractivity contribution in [2.45, 2.75) is 30.4 Å². The Morgan fingerprint density at radius 3 is 2.50 bits per heavy atom. The van der Waals surface area contributed by atoms with Gasteiger partial charge in [-0.05, 0) is 49.1 Å². The molecule has 5 rings (SSSR count). The minimum Gasteiger partial charge on any atom is -0.451 e. The number of benzene rings is 1. The second-order valence-electron chi connectivity index (χ2n) is 8.37. The zero-order valence-corrected chi connectivity index (χ0v) is 18.5. The van der Waals surface area contributed by atoms with Crippen molar-refractivity contribution in [3.63, 3.8) is 0 Å². The molecule has 2 aromatic heterocycles. The van der Waals surface area contributed by atoms with Gasteiger partial charge in [-0.2, -0.15) is 4.31 Å². The Morgan fingerprint density at radius 2 is 1.80 bits per heavy atom. The average molecular weight is 445 g/mol. The number of carbonyl (C=O) groups excluding carboxylic acids is 1. The number of sulfonamides is 1. The first kappa shape index (κ1) is 19.8. The van der Waals surface area contributed by atoms with Crippen LogP contribution in [0.1, 0.15) is 35.4 Å². The van der Waals surface area contributed by atoms with Crippen LogP contribution >= 0.6 is 11.3 Å². The maximum absolute atomic E-state index is 13.2. The molecular formula is C22H24N2O4S2. The standard InChI is InChI=1S/C22H24N2O4S2/c1-16-17-5-2-3-6-18(17)28-20(16)21(25)23-11-8-22(15-23)9-12-24(13-10-22)30(26,27)19-7-4-14-29-19/h2-7,14H,8-13,15H2,1H3. The fourth-order valence-electron chi connectivity index (χ4n) is 4.78. The Bertz CT molecular complexity index is 1190. The van der Waals surface area contributed by atoms with E-state index in [2.05, 4.69) is 0 Å². The zero-order chi connectivity index (χ0) is 20.9. The van der Waals surface area contributed by atoms with Gasteiger partial charge >= 0.3 is 0 Å². The molecule has 0 unspecified atom stereocenters. The molecule has 6 nitrogen and oxygen atoms in total. The highest BCUT2D eigenvalue weighted by atomic mass is 32.2. The van der Waals surface area contributed by atoms with E-state index >= 15 is 0 Å². The second kappa shape index (κ2) is 7.21. The number of piperidine rings is 1. The molecule has 0 radical (unpaired) electrons. The lowest BCUT2D eigenvalue weighted by Gasteiger charge is -2.38. The number of nitrogens with zero attached hydrogens (tertiary/aromatic N) is 2. The first-order chi connectivity index (χ1) is 14.4. The Hall–Kier alpha value is -2.16. The van der Waals surface area contributed by atoms with E-state index in [1.165, 1.54) is 11.3 Å². The predicted molar refractivity (Wildman–Crippen MR) is 116 cm³/mol. The highest BCUT2D eigenvalue weighted by Crippen LogP contribution is 2.42. The van der Waals surface area contributed by atoms with E-state index in [1.54, 1.807) is 21.8 Å². The minimum atomic E-state index is -3.40. The van der Waals surface area contributed by atoms with Crippen molar-refractivity contribution in [3.05, 3.63) is 53.1 Å². The summed E-state index contributed by atoms with van der Waals surface area (Å²) >= 11 is 1.26. The molecule has 8 heteroatoms. The summed E-state index contributed by atoms with van der Waals surface area (Å²) < 4.78 is 33.5. The summed E-state index contributed by atoms with van der Waals surface area (Å²) in [4.78, 5) is 15.1. The molecule has 2 aliphatic rings. The van der Waals surface area contributed by atoms with E-state index in [9.17, 15) is 13.2 Å². The third kappa shape index (κ3) is 3.18. The molecule has 1 spiro atoms. The number of carbonyl (C=O) groups is 1. The largest absolute Gasteiger partial charge is 0.451 e. The highest BCUT2D eigenvalue weighted by molar-refractivity contribution is 7.91. The van der Waals surface area contributed by atoms with Gasteiger partial charge in [-0.3, -0.25) is 4.79 Å². The van der Waals surface area contributed by atoms with Crippen LogP contribution in [0.15, 0.2) is 50.4 Å². The van der Waals surface area contributed by atoms with Crippen LogP contribution in [0, 0.1) is 12.3 Å². The zero-order valence-electron chi connectivity index (χ0n) is 16.8. The Kier molecular flexibility index (Phi) is 4.76. The van der Waals surface area contributed by atoms with Crippen LogP contribution in [-0.2, 0) is 10.0 Å². The topological polar surface area (TPSA) is 70.8 Å². The van der Waals surface area contributed by atoms with Gasteiger partial charge in [-0.15, -0.1) is 11.3 Å². The first-order valence-corrected chi connectivity index (χ1v) is 12.5. The van der Waals surface area contributed by atoms with Crippen LogP contribution in [0.25, 0.3) is 11.0 Å². The molecule has 0 aliphatic carbocycles. The van der Waals surface area contributed by atoms with E-state index in [-0.39, 0.29) is 11.3 Å². The van der Waals surface area contributed by atoms with Crippen molar-refractivity contribution in [2.75, 3.05) is 26.2 Å². The van der Waals surface area contributed by atoms with Gasteiger partial charge in [0.25, 0.3) is 15.9 Å². The number of rotatable bonds is 3. The molecule has 0 bridgehead atoms. The van der Waals surface area contributed by atoms with Crippen LogP contribution in [0.4, 0.5) is 0 Å². The van der Waals surface area contributed by atoms with Crippen molar-refractivity contribution < 1.29 is 17.6 Å². The van der Waals surface area contributed by atoms with Gasteiger partial charge in [0.2, 0.25) is 0 Å². The van der Waals surface area contributed by atoms with Gasteiger partial charge in [0.05, 0.1) is 0 Å². The summed E-state index contributed by atoms with van der Waals surface area (Å²) in [6.07, 6.45) is 2.46. The van der Waals surface area contributed by atoms with Crippen molar-refractivity contribution in [1.29, 1.82) is 0 Å². The number of likely N-dealkylation sites (tertiary alicyclic amines) is 1. The summed E-state index contributed by atoms with van der Waals surface area (Å²) in [5.41, 5.74) is 1.62. The quantitative estimate of drug-likeness (QED) is 0.609. The lowest BCUT2D eigenvalue weighted by Crippen LogP contribution is -2.44. The number of amides is 1. The monoisotopic (exact) mass is 444 g/mol. The van der Waals surface area contributed by atoms with Gasteiger partial charge in [0.15, 0.2) is 5.76 Å². The maximum Gasteiger partial charge on any atom is 0.289 e. The van der Waals surface area contributed by atoms with Crippen LogP contribution in [-0.4, -0.2) is 49.7 Å². The number of hydrogen-bond donors (Lipinski definition) is 0. The van der Waals surface area contributed by atoms with Gasteiger partial charge < -0.3 is 9.32 Å². The van der Waals surface area contributed by atoms with E-state index in [0.717, 1.165) is 35.8 Å². The molecule has 4 heterocycles. The summed E-state index contributed by atoms with van der Waals surface area (Å²) in [5, 5.41) is 2.76. The van der Waals surface area contributed by atoms with E-state index in [0.29, 0.717) is 36.1 Å². The van der Waals surface area contributed by atoms with E-state index < -0.39 is 10.0 Å². The van der Waals surface area contributed by atoms with Crippen LogP contribution in [0.3, 0.4) is 0 Å². The molecule has 1 aromatic carbocycles. The Labute approximate surface area is 180 Å². The molecule has 0 N–H and O–H groups in total. The molecule has 2 fully saturated rings. The summed E-state index contributed by atoms with van der Waals surface area (Å²) in [6.45, 7) is 4.29. The van der Waals surface area contributed by atoms with Crippen LogP contribution < -0.4 is 0 Å². The molecule has 3 aromatic rings. The molecule has 1 amide bonds. The number of fused-ring (bicyclic) bond motifs is 1. The van der Waals surface area contributed by atoms with E-state index in [1.807, 2.05) is 36.1 Å². The molecule has 2 aliphatic heterocycles. The third-order valence-corrected chi connectivity index (χ3v) is 9.91.